The highest BCUT2D eigenvalue weighted by molar-refractivity contribution is 5.79. The number of alkyl carbamates (subject to hydrolysis) is 1. The van der Waals surface area contributed by atoms with Crippen LogP contribution in [-0.4, -0.2) is 62.0 Å². The number of likely N-dealkylation sites (N-methyl/N-ethyl adjacent to an activating group) is 1. The molecule has 0 aromatic rings. The summed E-state index contributed by atoms with van der Waals surface area (Å²) in [6, 6.07) is -0.939. The number of aliphatic carboxylic acids is 1. The van der Waals surface area contributed by atoms with Crippen molar-refractivity contribution in [1.82, 2.24) is 10.2 Å². The minimum absolute atomic E-state index is 0.282. The second kappa shape index (κ2) is 9.01. The molecule has 0 unspecified atom stereocenters. The van der Waals surface area contributed by atoms with Gasteiger partial charge in [-0.25, -0.2) is 14.4 Å². The Labute approximate surface area is 111 Å². The van der Waals surface area contributed by atoms with Gasteiger partial charge in [0.2, 0.25) is 0 Å². The van der Waals surface area contributed by atoms with Gasteiger partial charge < -0.3 is 19.9 Å². The van der Waals surface area contributed by atoms with Crippen LogP contribution in [0.25, 0.3) is 0 Å². The Morgan fingerprint density at radius 2 is 1.84 bits per heavy atom. The standard InChI is InChI=1S/C11H20N2O6/c1-13(11(17)19-3)8(9(14)15)6-4-5-7-12-10(16)18-2/h8H,4-7H2,1-3H3,(H,12,16)(H,14,15)/t8-/m0/s1. The van der Waals surface area contributed by atoms with Crippen molar-refractivity contribution >= 4 is 18.2 Å². The summed E-state index contributed by atoms with van der Waals surface area (Å²) in [6.07, 6.45) is 0.196. The normalized spacial score (nSPS) is 11.3. The maximum atomic E-state index is 11.2. The van der Waals surface area contributed by atoms with E-state index in [0.29, 0.717) is 19.4 Å². The number of amides is 2. The van der Waals surface area contributed by atoms with Crippen LogP contribution in [0.1, 0.15) is 19.3 Å². The first-order valence-electron chi connectivity index (χ1n) is 5.79. The molecule has 0 aromatic heterocycles. The summed E-state index contributed by atoms with van der Waals surface area (Å²) in [5.74, 6) is -1.09. The zero-order valence-electron chi connectivity index (χ0n) is 11.3. The van der Waals surface area contributed by atoms with Crippen molar-refractivity contribution in [3.8, 4) is 0 Å². The predicted molar refractivity (Wildman–Crippen MR) is 65.9 cm³/mol. The molecule has 8 heteroatoms. The number of carboxylic acid groups (broad SMARTS) is 1. The van der Waals surface area contributed by atoms with Crippen LogP contribution in [0, 0.1) is 0 Å². The monoisotopic (exact) mass is 276 g/mol. The summed E-state index contributed by atoms with van der Waals surface area (Å²) in [5, 5.41) is 11.5. The lowest BCUT2D eigenvalue weighted by atomic mass is 10.1. The largest absolute Gasteiger partial charge is 0.480 e. The van der Waals surface area contributed by atoms with Crippen molar-refractivity contribution in [1.29, 1.82) is 0 Å². The van der Waals surface area contributed by atoms with Crippen LogP contribution in [0.5, 0.6) is 0 Å². The summed E-state index contributed by atoms with van der Waals surface area (Å²) >= 11 is 0. The van der Waals surface area contributed by atoms with Crippen molar-refractivity contribution < 1.29 is 29.0 Å². The van der Waals surface area contributed by atoms with Crippen LogP contribution in [0.3, 0.4) is 0 Å². The Morgan fingerprint density at radius 3 is 2.32 bits per heavy atom. The molecule has 19 heavy (non-hydrogen) atoms. The molecule has 0 radical (unpaired) electrons. The van der Waals surface area contributed by atoms with Gasteiger partial charge in [0, 0.05) is 13.6 Å². The summed E-state index contributed by atoms with van der Waals surface area (Å²) in [6.45, 7) is 0.390. The maximum absolute atomic E-state index is 11.2. The Hall–Kier alpha value is -1.99. The number of nitrogens with zero attached hydrogens (tertiary/aromatic N) is 1. The fourth-order valence-electron chi connectivity index (χ4n) is 1.48. The molecule has 0 spiro atoms. The molecule has 0 saturated carbocycles. The number of hydrogen-bond acceptors (Lipinski definition) is 5. The smallest absolute Gasteiger partial charge is 0.409 e. The van der Waals surface area contributed by atoms with Gasteiger partial charge in [-0.05, 0) is 19.3 Å². The number of rotatable bonds is 7. The van der Waals surface area contributed by atoms with Crippen LogP contribution in [-0.2, 0) is 14.3 Å². The number of carboxylic acids is 1. The van der Waals surface area contributed by atoms with Crippen molar-refractivity contribution in [3.05, 3.63) is 0 Å². The molecule has 0 aromatic carbocycles. The van der Waals surface area contributed by atoms with Crippen LogP contribution in [0.4, 0.5) is 9.59 Å². The van der Waals surface area contributed by atoms with Crippen molar-refractivity contribution in [2.75, 3.05) is 27.8 Å². The molecule has 2 amide bonds. The number of carbonyl (C=O) groups excluding carboxylic acids is 2. The highest BCUT2D eigenvalue weighted by Gasteiger charge is 2.26. The van der Waals surface area contributed by atoms with E-state index in [9.17, 15) is 14.4 Å². The molecule has 8 nitrogen and oxygen atoms in total. The third kappa shape index (κ3) is 6.49. The Bertz CT molecular complexity index is 320. The topological polar surface area (TPSA) is 105 Å². The molecule has 0 aliphatic heterocycles. The van der Waals surface area contributed by atoms with E-state index in [2.05, 4.69) is 14.8 Å². The summed E-state index contributed by atoms with van der Waals surface area (Å²) in [7, 11) is 3.83. The average molecular weight is 276 g/mol. The highest BCUT2D eigenvalue weighted by Crippen LogP contribution is 2.08. The fraction of sp³-hybridized carbons (Fsp3) is 0.727. The number of ether oxygens (including phenoxy) is 2. The lowest BCUT2D eigenvalue weighted by molar-refractivity contribution is -0.142. The van der Waals surface area contributed by atoms with Gasteiger partial charge in [0.1, 0.15) is 6.04 Å². The van der Waals surface area contributed by atoms with Crippen LogP contribution >= 0.6 is 0 Å². The molecular formula is C11H20N2O6. The van der Waals surface area contributed by atoms with Gasteiger partial charge in [0.25, 0.3) is 0 Å². The first kappa shape index (κ1) is 17.0. The number of methoxy groups -OCH3 is 2. The van der Waals surface area contributed by atoms with E-state index >= 15 is 0 Å². The third-order valence-corrected chi connectivity index (χ3v) is 2.57. The van der Waals surface area contributed by atoms with E-state index in [4.69, 9.17) is 5.11 Å². The molecule has 2 N–H and O–H groups in total. The molecular weight excluding hydrogens is 256 g/mol. The van der Waals surface area contributed by atoms with Crippen molar-refractivity contribution in [3.63, 3.8) is 0 Å². The third-order valence-electron chi connectivity index (χ3n) is 2.57. The lowest BCUT2D eigenvalue weighted by Gasteiger charge is -2.23. The number of unbranched alkanes of at least 4 members (excludes halogenated alkanes) is 1. The summed E-state index contributed by atoms with van der Waals surface area (Å²) in [5.41, 5.74) is 0. The zero-order valence-corrected chi connectivity index (χ0v) is 11.3. The number of hydrogen-bond donors (Lipinski definition) is 2. The Kier molecular flexibility index (Phi) is 8.07. The van der Waals surface area contributed by atoms with Crippen LogP contribution < -0.4 is 5.32 Å². The molecule has 0 aliphatic carbocycles. The zero-order chi connectivity index (χ0) is 14.8. The van der Waals surface area contributed by atoms with Gasteiger partial charge in [-0.2, -0.15) is 0 Å². The fourth-order valence-corrected chi connectivity index (χ4v) is 1.48. The molecule has 0 aliphatic rings. The van der Waals surface area contributed by atoms with Gasteiger partial charge >= 0.3 is 18.2 Å². The minimum Gasteiger partial charge on any atom is -0.480 e. The minimum atomic E-state index is -1.09. The second-order valence-electron chi connectivity index (χ2n) is 3.85. The predicted octanol–water partition coefficient (Wildman–Crippen LogP) is 0.664. The Morgan fingerprint density at radius 1 is 1.21 bits per heavy atom. The van der Waals surface area contributed by atoms with E-state index in [1.54, 1.807) is 0 Å². The van der Waals surface area contributed by atoms with E-state index in [1.165, 1.54) is 21.3 Å². The van der Waals surface area contributed by atoms with Crippen LogP contribution in [0.2, 0.25) is 0 Å². The van der Waals surface area contributed by atoms with E-state index in [1.807, 2.05) is 0 Å². The molecule has 0 bridgehead atoms. The molecule has 0 fully saturated rings. The quantitative estimate of drug-likeness (QED) is 0.662. The SMILES string of the molecule is COC(=O)NCCCC[C@@H](C(=O)O)N(C)C(=O)OC. The van der Waals surface area contributed by atoms with E-state index < -0.39 is 24.2 Å². The van der Waals surface area contributed by atoms with Gasteiger partial charge in [-0.15, -0.1) is 0 Å². The van der Waals surface area contributed by atoms with Crippen LogP contribution in [0.15, 0.2) is 0 Å². The number of nitrogens with one attached hydrogen (secondary N) is 1. The molecule has 0 saturated heterocycles. The Balaban J connectivity index is 4.06. The first-order valence-corrected chi connectivity index (χ1v) is 5.79. The van der Waals surface area contributed by atoms with Gasteiger partial charge in [0.05, 0.1) is 14.2 Å². The lowest BCUT2D eigenvalue weighted by Crippen LogP contribution is -2.42. The van der Waals surface area contributed by atoms with Crippen molar-refractivity contribution in [2.45, 2.75) is 25.3 Å². The van der Waals surface area contributed by atoms with E-state index in [-0.39, 0.29) is 6.42 Å². The first-order chi connectivity index (χ1) is 8.93. The second-order valence-corrected chi connectivity index (χ2v) is 3.85. The molecule has 110 valence electrons. The van der Waals surface area contributed by atoms with E-state index in [0.717, 1.165) is 4.90 Å². The highest BCUT2D eigenvalue weighted by atomic mass is 16.5. The molecule has 0 heterocycles. The molecule has 0 rings (SSSR count). The van der Waals surface area contributed by atoms with Gasteiger partial charge in [-0.3, -0.25) is 4.90 Å². The average Bonchev–Trinajstić information content (AvgIpc) is 2.40. The maximum Gasteiger partial charge on any atom is 0.409 e. The number of carbonyl (C=O) groups is 3. The van der Waals surface area contributed by atoms with Crippen molar-refractivity contribution in [2.24, 2.45) is 0 Å². The van der Waals surface area contributed by atoms with Gasteiger partial charge in [-0.1, -0.05) is 0 Å². The molecule has 1 atom stereocenters. The summed E-state index contributed by atoms with van der Waals surface area (Å²) < 4.78 is 8.85. The van der Waals surface area contributed by atoms with Gasteiger partial charge in [0.15, 0.2) is 0 Å². The summed E-state index contributed by atoms with van der Waals surface area (Å²) in [4.78, 5) is 34.1.